The third-order valence-corrected chi connectivity index (χ3v) is 5.48. The Kier molecular flexibility index (Phi) is 5.38. The van der Waals surface area contributed by atoms with E-state index >= 15 is 0 Å². The van der Waals surface area contributed by atoms with Gasteiger partial charge in [0.05, 0.1) is 5.56 Å². The summed E-state index contributed by atoms with van der Waals surface area (Å²) in [6.07, 6.45) is 2.48. The Balaban J connectivity index is 2.57. The lowest BCUT2D eigenvalue weighted by Crippen LogP contribution is -2.21. The van der Waals surface area contributed by atoms with Crippen LogP contribution in [0.2, 0.25) is 0 Å². The van der Waals surface area contributed by atoms with Crippen molar-refractivity contribution in [3.05, 3.63) is 22.4 Å². The van der Waals surface area contributed by atoms with Crippen LogP contribution in [0.25, 0.3) is 10.2 Å². The highest BCUT2D eigenvalue weighted by Gasteiger charge is 2.21. The number of carbonyl (C=O) groups is 1. The first-order valence-electron chi connectivity index (χ1n) is 8.11. The number of nitriles is 1. The van der Waals surface area contributed by atoms with Crippen molar-refractivity contribution in [2.45, 2.75) is 53.9 Å². The van der Waals surface area contributed by atoms with Crippen LogP contribution in [0.1, 0.15) is 56.0 Å². The molecule has 122 valence electrons. The molecule has 0 aliphatic heterocycles. The molecule has 0 radical (unpaired) electrons. The molecule has 2 rings (SSSR count). The number of pyridine rings is 1. The van der Waals surface area contributed by atoms with Gasteiger partial charge in [0.15, 0.2) is 0 Å². The Bertz CT molecular complexity index is 782. The molecule has 4 nitrogen and oxygen atoms in total. The summed E-state index contributed by atoms with van der Waals surface area (Å²) in [5.74, 6) is -0.0307. The fourth-order valence-corrected chi connectivity index (χ4v) is 4.21. The molecular formula is C18H23N3OS. The maximum absolute atomic E-state index is 12.4. The second kappa shape index (κ2) is 7.10. The number of aryl methyl sites for hydroxylation is 2. The number of nitrogens with zero attached hydrogens (tertiary/aromatic N) is 2. The molecule has 0 aliphatic carbocycles. The van der Waals surface area contributed by atoms with Gasteiger partial charge < -0.3 is 5.32 Å². The monoisotopic (exact) mass is 329 g/mol. The van der Waals surface area contributed by atoms with Crippen molar-refractivity contribution in [3.8, 4) is 6.07 Å². The van der Waals surface area contributed by atoms with E-state index in [1.54, 1.807) is 0 Å². The zero-order valence-corrected chi connectivity index (χ0v) is 15.2. The Hall–Kier alpha value is -1.93. The molecule has 23 heavy (non-hydrogen) atoms. The number of carbonyl (C=O) groups excluding carboxylic acids is 1. The van der Waals surface area contributed by atoms with Crippen LogP contribution in [0.4, 0.5) is 5.00 Å². The lowest BCUT2D eigenvalue weighted by molar-refractivity contribution is -0.120. The fourth-order valence-electron chi connectivity index (χ4n) is 3.08. The number of amides is 1. The van der Waals surface area contributed by atoms with E-state index in [9.17, 15) is 10.1 Å². The van der Waals surface area contributed by atoms with Crippen LogP contribution in [0.3, 0.4) is 0 Å². The lowest BCUT2D eigenvalue weighted by Gasteiger charge is -2.11. The second-order valence-corrected chi connectivity index (χ2v) is 6.75. The van der Waals surface area contributed by atoms with Crippen LogP contribution in [0.5, 0.6) is 0 Å². The standard InChI is InChI=1S/C18H23N3OS/c1-6-12(7-2)16(22)21-17-14(9-19)15-10(4)13(8-3)11(5)20-18(15)23-17/h12H,6-8H2,1-5H3,(H,21,22). The van der Waals surface area contributed by atoms with Crippen molar-refractivity contribution in [2.24, 2.45) is 5.92 Å². The predicted molar refractivity (Wildman–Crippen MR) is 95.9 cm³/mol. The molecule has 5 heteroatoms. The van der Waals surface area contributed by atoms with Gasteiger partial charge in [-0.15, -0.1) is 0 Å². The molecule has 0 saturated carbocycles. The van der Waals surface area contributed by atoms with Crippen LogP contribution >= 0.6 is 11.3 Å². The topological polar surface area (TPSA) is 65.8 Å². The van der Waals surface area contributed by atoms with Crippen LogP contribution in [-0.4, -0.2) is 10.9 Å². The number of anilines is 1. The van der Waals surface area contributed by atoms with Gasteiger partial charge in [0, 0.05) is 17.0 Å². The van der Waals surface area contributed by atoms with Crippen molar-refractivity contribution in [3.63, 3.8) is 0 Å². The first-order chi connectivity index (χ1) is 11.0. The van der Waals surface area contributed by atoms with Gasteiger partial charge in [-0.2, -0.15) is 5.26 Å². The molecule has 0 unspecified atom stereocenters. The SMILES string of the molecule is CCc1c(C)nc2sc(NC(=O)C(CC)CC)c(C#N)c2c1C. The molecule has 1 amide bonds. The minimum absolute atomic E-state index is 0.0110. The molecule has 0 aliphatic rings. The second-order valence-electron chi connectivity index (χ2n) is 5.76. The van der Waals surface area contributed by atoms with Gasteiger partial charge >= 0.3 is 0 Å². The Morgan fingerprint density at radius 3 is 2.48 bits per heavy atom. The van der Waals surface area contributed by atoms with Crippen molar-refractivity contribution in [1.29, 1.82) is 5.26 Å². The van der Waals surface area contributed by atoms with Crippen molar-refractivity contribution < 1.29 is 4.79 Å². The maximum Gasteiger partial charge on any atom is 0.228 e. The molecular weight excluding hydrogens is 306 g/mol. The maximum atomic E-state index is 12.4. The summed E-state index contributed by atoms with van der Waals surface area (Å²) in [6, 6.07) is 2.27. The summed E-state index contributed by atoms with van der Waals surface area (Å²) in [7, 11) is 0. The summed E-state index contributed by atoms with van der Waals surface area (Å²) in [5, 5.41) is 14.1. The quantitative estimate of drug-likeness (QED) is 0.863. The minimum Gasteiger partial charge on any atom is -0.316 e. The number of thiophene rings is 1. The first kappa shape index (κ1) is 17.4. The van der Waals surface area contributed by atoms with E-state index < -0.39 is 0 Å². The number of rotatable bonds is 5. The normalized spacial score (nSPS) is 11.0. The molecule has 2 heterocycles. The Morgan fingerprint density at radius 2 is 1.96 bits per heavy atom. The van der Waals surface area contributed by atoms with Crippen molar-refractivity contribution in [1.82, 2.24) is 4.98 Å². The van der Waals surface area contributed by atoms with Gasteiger partial charge in [-0.05, 0) is 44.2 Å². The van der Waals surface area contributed by atoms with Gasteiger partial charge in [-0.25, -0.2) is 4.98 Å². The first-order valence-corrected chi connectivity index (χ1v) is 8.93. The lowest BCUT2D eigenvalue weighted by atomic mass is 10.0. The number of fused-ring (bicyclic) bond motifs is 1. The van der Waals surface area contributed by atoms with E-state index in [1.807, 2.05) is 27.7 Å². The van der Waals surface area contributed by atoms with Crippen molar-refractivity contribution >= 4 is 32.5 Å². The van der Waals surface area contributed by atoms with E-state index in [-0.39, 0.29) is 11.8 Å². The Labute approximate surface area is 141 Å². The third kappa shape index (κ3) is 3.09. The van der Waals surface area contributed by atoms with E-state index in [4.69, 9.17) is 0 Å². The highest BCUT2D eigenvalue weighted by molar-refractivity contribution is 7.23. The summed E-state index contributed by atoms with van der Waals surface area (Å²) < 4.78 is 0. The van der Waals surface area contributed by atoms with E-state index in [0.29, 0.717) is 10.6 Å². The molecule has 1 N–H and O–H groups in total. The smallest absolute Gasteiger partial charge is 0.228 e. The highest BCUT2D eigenvalue weighted by Crippen LogP contribution is 2.38. The van der Waals surface area contributed by atoms with Crippen LogP contribution in [0.15, 0.2) is 0 Å². The molecule has 0 aromatic carbocycles. The van der Waals surface area contributed by atoms with Crippen LogP contribution in [0, 0.1) is 31.1 Å². The number of nitrogens with one attached hydrogen (secondary N) is 1. The van der Waals surface area contributed by atoms with Gasteiger partial charge in [0.1, 0.15) is 15.9 Å². The zero-order valence-electron chi connectivity index (χ0n) is 14.4. The molecule has 0 bridgehead atoms. The number of aromatic nitrogens is 1. The molecule has 0 fully saturated rings. The summed E-state index contributed by atoms with van der Waals surface area (Å²) >= 11 is 1.40. The summed E-state index contributed by atoms with van der Waals surface area (Å²) in [4.78, 5) is 17.8. The summed E-state index contributed by atoms with van der Waals surface area (Å²) in [5.41, 5.74) is 3.83. The zero-order chi connectivity index (χ0) is 17.1. The third-order valence-electron chi connectivity index (χ3n) is 4.48. The molecule has 0 atom stereocenters. The van der Waals surface area contributed by atoms with E-state index in [2.05, 4.69) is 23.3 Å². The molecule has 0 saturated heterocycles. The number of hydrogen-bond donors (Lipinski definition) is 1. The average Bonchev–Trinajstić information content (AvgIpc) is 2.85. The van der Waals surface area contributed by atoms with Crippen LogP contribution in [-0.2, 0) is 11.2 Å². The predicted octanol–water partition coefficient (Wildman–Crippen LogP) is 4.72. The van der Waals surface area contributed by atoms with Gasteiger partial charge in [-0.1, -0.05) is 32.1 Å². The van der Waals surface area contributed by atoms with Crippen molar-refractivity contribution in [2.75, 3.05) is 5.32 Å². The highest BCUT2D eigenvalue weighted by atomic mass is 32.1. The van der Waals surface area contributed by atoms with Gasteiger partial charge in [0.25, 0.3) is 0 Å². The average molecular weight is 329 g/mol. The van der Waals surface area contributed by atoms with Crippen LogP contribution < -0.4 is 5.32 Å². The van der Waals surface area contributed by atoms with Gasteiger partial charge in [-0.3, -0.25) is 4.79 Å². The largest absolute Gasteiger partial charge is 0.316 e. The molecule has 0 spiro atoms. The van der Waals surface area contributed by atoms with E-state index in [1.165, 1.54) is 16.9 Å². The summed E-state index contributed by atoms with van der Waals surface area (Å²) in [6.45, 7) is 10.1. The molecule has 2 aromatic rings. The Morgan fingerprint density at radius 1 is 1.30 bits per heavy atom. The van der Waals surface area contributed by atoms with E-state index in [0.717, 1.165) is 40.7 Å². The fraction of sp³-hybridized carbons (Fsp3) is 0.500. The minimum atomic E-state index is -0.0197. The molecule has 2 aromatic heterocycles. The van der Waals surface area contributed by atoms with Gasteiger partial charge in [0.2, 0.25) is 5.91 Å². The number of hydrogen-bond acceptors (Lipinski definition) is 4.